The molecule has 0 aliphatic carbocycles. The minimum Gasteiger partial charge on any atom is -0.366 e. The number of alkyl halides is 2. The molecule has 1 aromatic carbocycles. The highest BCUT2D eigenvalue weighted by Gasteiger charge is 2.29. The Labute approximate surface area is 152 Å². The third kappa shape index (κ3) is 4.37. The Morgan fingerprint density at radius 3 is 2.05 bits per heavy atom. The van der Waals surface area contributed by atoms with Crippen LogP contribution in [0.2, 0.25) is 0 Å². The fourth-order valence-electron chi connectivity index (χ4n) is 1.91. The van der Waals surface area contributed by atoms with Gasteiger partial charge in [-0.25, -0.2) is 0 Å². The van der Waals surface area contributed by atoms with Gasteiger partial charge in [0.25, 0.3) is 17.3 Å². The molecular weight excluding hydrogens is 522 g/mol. The topological polar surface area (TPSA) is 133 Å². The molecule has 0 radical (unpaired) electrons. The van der Waals surface area contributed by atoms with Crippen LogP contribution >= 0.6 is 45.2 Å². The summed E-state index contributed by atoms with van der Waals surface area (Å²) in [7, 11) is 0. The molecule has 11 heteroatoms. The van der Waals surface area contributed by atoms with Crippen LogP contribution in [0.15, 0.2) is 12.1 Å². The number of nitrogens with two attached hydrogens (primary N) is 1. The number of anilines is 1. The summed E-state index contributed by atoms with van der Waals surface area (Å²) in [5, 5.41) is 22.2. The number of nitrogens with zero attached hydrogens (tertiary/aromatic N) is 3. The molecule has 22 heavy (non-hydrogen) atoms. The number of carbonyl (C=O) groups excluding carboxylic acids is 1. The number of rotatable bonds is 8. The first-order valence-corrected chi connectivity index (χ1v) is 9.02. The Kier molecular flexibility index (Phi) is 7.18. The molecule has 0 aromatic heterocycles. The summed E-state index contributed by atoms with van der Waals surface area (Å²) < 4.78 is 1.33. The molecule has 0 fully saturated rings. The zero-order chi connectivity index (χ0) is 16.9. The molecule has 9 nitrogen and oxygen atoms in total. The van der Waals surface area contributed by atoms with E-state index >= 15 is 0 Å². The first-order valence-electron chi connectivity index (χ1n) is 5.97. The molecule has 0 aliphatic rings. The second-order valence-electron chi connectivity index (χ2n) is 4.10. The zero-order valence-electron chi connectivity index (χ0n) is 11.2. The van der Waals surface area contributed by atoms with Gasteiger partial charge in [-0.3, -0.25) is 25.0 Å². The average Bonchev–Trinajstić information content (AvgIpc) is 2.45. The van der Waals surface area contributed by atoms with E-state index in [1.165, 1.54) is 0 Å². The third-order valence-corrected chi connectivity index (χ3v) is 3.74. The van der Waals surface area contributed by atoms with Crippen LogP contribution in [0.3, 0.4) is 0 Å². The largest absolute Gasteiger partial charge is 0.366 e. The van der Waals surface area contributed by atoms with Gasteiger partial charge in [-0.05, 0) is 0 Å². The van der Waals surface area contributed by atoms with E-state index in [0.29, 0.717) is 21.9 Å². The van der Waals surface area contributed by atoms with Crippen molar-refractivity contribution in [2.24, 2.45) is 5.73 Å². The van der Waals surface area contributed by atoms with E-state index in [4.69, 9.17) is 5.73 Å². The molecule has 0 atom stereocenters. The van der Waals surface area contributed by atoms with E-state index < -0.39 is 27.1 Å². The first kappa shape index (κ1) is 18.8. The Morgan fingerprint density at radius 1 is 1.14 bits per heavy atom. The van der Waals surface area contributed by atoms with Crippen LogP contribution in [-0.4, -0.2) is 37.7 Å². The number of hydrogen-bond acceptors (Lipinski definition) is 6. The van der Waals surface area contributed by atoms with Gasteiger partial charge in [-0.2, -0.15) is 0 Å². The normalized spacial score (nSPS) is 10.3. The van der Waals surface area contributed by atoms with E-state index in [1.807, 2.05) is 0 Å². The van der Waals surface area contributed by atoms with Crippen molar-refractivity contribution in [1.82, 2.24) is 0 Å². The first-order chi connectivity index (χ1) is 10.3. The number of nitro benzene ring substituents is 2. The Hall–Kier alpha value is -1.25. The molecule has 0 saturated heterocycles. The lowest BCUT2D eigenvalue weighted by Gasteiger charge is -2.24. The summed E-state index contributed by atoms with van der Waals surface area (Å²) in [4.78, 5) is 33.9. The van der Waals surface area contributed by atoms with E-state index in [9.17, 15) is 25.0 Å². The smallest absolute Gasteiger partial charge is 0.300 e. The fourth-order valence-corrected chi connectivity index (χ4v) is 3.07. The van der Waals surface area contributed by atoms with E-state index in [1.54, 1.807) is 4.90 Å². The van der Waals surface area contributed by atoms with Gasteiger partial charge in [0.1, 0.15) is 5.69 Å². The van der Waals surface area contributed by atoms with Crippen molar-refractivity contribution in [3.63, 3.8) is 0 Å². The Bertz CT molecular complexity index is 569. The minimum atomic E-state index is -0.936. The van der Waals surface area contributed by atoms with Crippen LogP contribution in [-0.2, 0) is 0 Å². The summed E-state index contributed by atoms with van der Waals surface area (Å²) in [6, 6.07) is 1.84. The van der Waals surface area contributed by atoms with Crippen molar-refractivity contribution in [3.8, 4) is 0 Å². The van der Waals surface area contributed by atoms with Crippen molar-refractivity contribution in [2.45, 2.75) is 0 Å². The number of halogens is 2. The summed E-state index contributed by atoms with van der Waals surface area (Å²) in [5.74, 6) is -0.936. The number of carbonyl (C=O) groups is 1. The monoisotopic (exact) mass is 534 g/mol. The molecule has 0 spiro atoms. The highest BCUT2D eigenvalue weighted by Crippen LogP contribution is 2.36. The minimum absolute atomic E-state index is 0.0384. The number of hydrogen-bond donors (Lipinski definition) is 1. The van der Waals surface area contributed by atoms with Gasteiger partial charge in [-0.15, -0.1) is 0 Å². The molecule has 0 saturated carbocycles. The number of non-ortho nitro benzene ring substituents is 1. The lowest BCUT2D eigenvalue weighted by Crippen LogP contribution is -2.31. The maximum absolute atomic E-state index is 11.6. The molecule has 1 aromatic rings. The predicted molar refractivity (Wildman–Crippen MR) is 98.3 cm³/mol. The maximum Gasteiger partial charge on any atom is 0.300 e. The summed E-state index contributed by atoms with van der Waals surface area (Å²) in [5.41, 5.74) is 4.07. The van der Waals surface area contributed by atoms with Crippen molar-refractivity contribution >= 4 is 68.2 Å². The molecular formula is C11H12I2N4O5. The SMILES string of the molecule is NC(=O)c1cc([N+](=O)[O-])cc([N+](=O)[O-])c1N(CCI)CCI. The van der Waals surface area contributed by atoms with Crippen LogP contribution < -0.4 is 10.6 Å². The third-order valence-electron chi connectivity index (χ3n) is 2.77. The van der Waals surface area contributed by atoms with Gasteiger partial charge in [0.2, 0.25) is 0 Å². The molecule has 0 bridgehead atoms. The predicted octanol–water partition coefficient (Wildman–Crippen LogP) is 2.28. The summed E-state index contributed by atoms with van der Waals surface area (Å²) in [6.45, 7) is 0.922. The maximum atomic E-state index is 11.6. The molecule has 1 amide bonds. The molecule has 120 valence electrons. The van der Waals surface area contributed by atoms with Crippen LogP contribution in [0.25, 0.3) is 0 Å². The molecule has 2 N–H and O–H groups in total. The van der Waals surface area contributed by atoms with E-state index in [2.05, 4.69) is 45.2 Å². The number of primary amides is 1. The van der Waals surface area contributed by atoms with Crippen LogP contribution in [0.4, 0.5) is 17.1 Å². The van der Waals surface area contributed by atoms with Gasteiger partial charge in [0.05, 0.1) is 21.5 Å². The zero-order valence-corrected chi connectivity index (χ0v) is 15.5. The molecule has 0 aliphatic heterocycles. The summed E-state index contributed by atoms with van der Waals surface area (Å²) in [6.07, 6.45) is 0. The lowest BCUT2D eigenvalue weighted by molar-refractivity contribution is -0.393. The Morgan fingerprint density at radius 2 is 1.68 bits per heavy atom. The van der Waals surface area contributed by atoms with E-state index in [-0.39, 0.29) is 11.3 Å². The lowest BCUT2D eigenvalue weighted by atomic mass is 10.1. The second kappa shape index (κ2) is 8.40. The van der Waals surface area contributed by atoms with Gasteiger partial charge in [0, 0.05) is 28.0 Å². The molecule has 0 unspecified atom stereocenters. The Balaban J connectivity index is 3.66. The molecule has 0 heterocycles. The van der Waals surface area contributed by atoms with E-state index in [0.717, 1.165) is 12.1 Å². The van der Waals surface area contributed by atoms with Crippen molar-refractivity contribution < 1.29 is 14.6 Å². The highest BCUT2D eigenvalue weighted by molar-refractivity contribution is 14.1. The van der Waals surface area contributed by atoms with Gasteiger partial charge >= 0.3 is 0 Å². The van der Waals surface area contributed by atoms with Gasteiger partial charge in [0.15, 0.2) is 0 Å². The number of amides is 1. The van der Waals surface area contributed by atoms with Gasteiger partial charge < -0.3 is 10.6 Å². The second-order valence-corrected chi connectivity index (χ2v) is 6.26. The number of benzene rings is 1. The fraction of sp³-hybridized carbons (Fsp3) is 0.364. The van der Waals surface area contributed by atoms with Crippen LogP contribution in [0, 0.1) is 20.2 Å². The number of nitro groups is 2. The standard InChI is InChI=1S/C11H12I2N4O5/c12-1-3-15(4-2-13)10-8(11(14)18)5-7(16(19)20)6-9(10)17(21)22/h5-6H,1-4H2,(H2,14,18). The summed E-state index contributed by atoms with van der Waals surface area (Å²) >= 11 is 4.21. The van der Waals surface area contributed by atoms with Crippen LogP contribution in [0.5, 0.6) is 0 Å². The quantitative estimate of drug-likeness (QED) is 0.236. The average molecular weight is 534 g/mol. The highest BCUT2D eigenvalue weighted by atomic mass is 127. The molecule has 1 rings (SSSR count). The van der Waals surface area contributed by atoms with Crippen molar-refractivity contribution in [3.05, 3.63) is 37.9 Å². The van der Waals surface area contributed by atoms with Crippen molar-refractivity contribution in [1.29, 1.82) is 0 Å². The van der Waals surface area contributed by atoms with Crippen LogP contribution in [0.1, 0.15) is 10.4 Å². The van der Waals surface area contributed by atoms with Crippen molar-refractivity contribution in [2.75, 3.05) is 26.8 Å². The van der Waals surface area contributed by atoms with Gasteiger partial charge in [-0.1, -0.05) is 45.2 Å².